The zero-order chi connectivity index (χ0) is 16.6. The van der Waals surface area contributed by atoms with Crippen LogP contribution in [0.1, 0.15) is 65.1 Å². The first-order valence-electron chi connectivity index (χ1n) is 9.54. The lowest BCUT2D eigenvalue weighted by atomic mass is 9.80. The number of hydrogen-bond donors (Lipinski definition) is 1. The Balaban J connectivity index is 2.09. The van der Waals surface area contributed by atoms with Crippen LogP contribution in [-0.2, 0) is 0 Å². The monoisotopic (exact) mass is 314 g/mol. The molecule has 0 aromatic heterocycles. The van der Waals surface area contributed by atoms with Crippen molar-refractivity contribution < 1.29 is 0 Å². The second-order valence-corrected chi connectivity index (χ2v) is 7.81. The maximum atomic E-state index is 3.53. The zero-order valence-electron chi connectivity index (χ0n) is 15.8. The summed E-state index contributed by atoms with van der Waals surface area (Å²) in [4.78, 5) is 2.79. The fourth-order valence-electron chi connectivity index (χ4n) is 4.92. The van der Waals surface area contributed by atoms with E-state index in [1.807, 2.05) is 0 Å². The molecule has 0 amide bonds. The molecule has 1 aliphatic heterocycles. The van der Waals surface area contributed by atoms with Crippen LogP contribution in [0.2, 0.25) is 0 Å². The van der Waals surface area contributed by atoms with Gasteiger partial charge < -0.3 is 5.32 Å². The highest BCUT2D eigenvalue weighted by molar-refractivity contribution is 5.51. The van der Waals surface area contributed by atoms with Crippen LogP contribution in [0, 0.1) is 40.5 Å². The summed E-state index contributed by atoms with van der Waals surface area (Å²) in [6.45, 7) is 16.4. The molecule has 1 aromatic carbocycles. The highest BCUT2D eigenvalue weighted by atomic mass is 15.2. The van der Waals surface area contributed by atoms with E-state index in [0.717, 1.165) is 19.0 Å². The van der Waals surface area contributed by atoms with Gasteiger partial charge in [0.25, 0.3) is 0 Å². The van der Waals surface area contributed by atoms with E-state index in [2.05, 4.69) is 44.8 Å². The third kappa shape index (κ3) is 3.08. The Morgan fingerprint density at radius 1 is 0.783 bits per heavy atom. The van der Waals surface area contributed by atoms with Gasteiger partial charge in [-0.05, 0) is 86.8 Å². The lowest BCUT2D eigenvalue weighted by Gasteiger charge is -2.41. The summed E-state index contributed by atoms with van der Waals surface area (Å²) in [6, 6.07) is 0.637. The highest BCUT2D eigenvalue weighted by Gasteiger charge is 2.34. The van der Waals surface area contributed by atoms with Crippen LogP contribution in [-0.4, -0.2) is 31.1 Å². The smallest absolute Gasteiger partial charge is 0.0382 e. The van der Waals surface area contributed by atoms with Gasteiger partial charge in [-0.3, -0.25) is 4.90 Å². The molecule has 0 spiro atoms. The average molecular weight is 315 g/mol. The summed E-state index contributed by atoms with van der Waals surface area (Å²) in [5.41, 5.74) is 9.30. The Morgan fingerprint density at radius 3 is 1.78 bits per heavy atom. The van der Waals surface area contributed by atoms with Gasteiger partial charge in [-0.2, -0.15) is 0 Å². The first-order valence-corrected chi connectivity index (χ1v) is 9.54. The Hall–Kier alpha value is -0.860. The molecule has 23 heavy (non-hydrogen) atoms. The molecule has 2 fully saturated rings. The average Bonchev–Trinajstić information content (AvgIpc) is 3.10. The van der Waals surface area contributed by atoms with Gasteiger partial charge in [-0.25, -0.2) is 0 Å². The van der Waals surface area contributed by atoms with Gasteiger partial charge in [0.15, 0.2) is 0 Å². The molecule has 0 bridgehead atoms. The normalized spacial score (nSPS) is 21.8. The van der Waals surface area contributed by atoms with Crippen LogP contribution in [0.15, 0.2) is 0 Å². The third-order valence-corrected chi connectivity index (χ3v) is 6.75. The molecule has 1 heterocycles. The van der Waals surface area contributed by atoms with E-state index >= 15 is 0 Å². The fourth-order valence-corrected chi connectivity index (χ4v) is 4.92. The summed E-state index contributed by atoms with van der Waals surface area (Å²) in [6.07, 6.45) is 5.68. The number of benzene rings is 1. The molecule has 1 saturated carbocycles. The van der Waals surface area contributed by atoms with E-state index in [1.165, 1.54) is 55.5 Å². The largest absolute Gasteiger partial charge is 0.314 e. The molecule has 2 aliphatic rings. The van der Waals surface area contributed by atoms with Gasteiger partial charge in [0, 0.05) is 32.2 Å². The van der Waals surface area contributed by atoms with Gasteiger partial charge in [-0.1, -0.05) is 12.8 Å². The molecule has 1 N–H and O–H groups in total. The fraction of sp³-hybridized carbons (Fsp3) is 0.714. The lowest BCUT2D eigenvalue weighted by molar-refractivity contribution is 0.124. The number of rotatable bonds is 3. The molecule has 1 aromatic rings. The number of nitrogens with zero attached hydrogens (tertiary/aromatic N) is 1. The second kappa shape index (κ2) is 6.94. The predicted octanol–water partition coefficient (Wildman–Crippen LogP) is 4.37. The first kappa shape index (κ1) is 17.0. The summed E-state index contributed by atoms with van der Waals surface area (Å²) in [5.74, 6) is 0.854. The summed E-state index contributed by atoms with van der Waals surface area (Å²) < 4.78 is 0. The van der Waals surface area contributed by atoms with E-state index in [4.69, 9.17) is 0 Å². The molecule has 2 nitrogen and oxygen atoms in total. The molecule has 1 saturated heterocycles. The minimum Gasteiger partial charge on any atom is -0.314 e. The Kier molecular flexibility index (Phi) is 5.13. The minimum absolute atomic E-state index is 0.637. The van der Waals surface area contributed by atoms with Crippen molar-refractivity contribution in [1.29, 1.82) is 0 Å². The SMILES string of the molecule is Cc1c(C)c(C)c([C@@H](C2CCCC2)N2CCNCC2)c(C)c1C. The van der Waals surface area contributed by atoms with E-state index in [1.54, 1.807) is 16.7 Å². The van der Waals surface area contributed by atoms with Crippen molar-refractivity contribution in [2.24, 2.45) is 5.92 Å². The van der Waals surface area contributed by atoms with Crippen molar-refractivity contribution in [3.8, 4) is 0 Å². The molecular weight excluding hydrogens is 280 g/mol. The summed E-state index contributed by atoms with van der Waals surface area (Å²) in [7, 11) is 0. The molecule has 0 radical (unpaired) electrons. The molecule has 128 valence electrons. The zero-order valence-corrected chi connectivity index (χ0v) is 15.8. The topological polar surface area (TPSA) is 15.3 Å². The highest BCUT2D eigenvalue weighted by Crippen LogP contribution is 2.43. The van der Waals surface area contributed by atoms with E-state index in [-0.39, 0.29) is 0 Å². The van der Waals surface area contributed by atoms with Crippen LogP contribution in [0.3, 0.4) is 0 Å². The van der Waals surface area contributed by atoms with E-state index in [0.29, 0.717) is 6.04 Å². The number of nitrogens with one attached hydrogen (secondary N) is 1. The molecule has 3 rings (SSSR count). The van der Waals surface area contributed by atoms with Crippen LogP contribution in [0.25, 0.3) is 0 Å². The Bertz CT molecular complexity index is 535. The quantitative estimate of drug-likeness (QED) is 0.891. The maximum Gasteiger partial charge on any atom is 0.0382 e. The van der Waals surface area contributed by atoms with E-state index < -0.39 is 0 Å². The van der Waals surface area contributed by atoms with Crippen molar-refractivity contribution in [3.05, 3.63) is 33.4 Å². The van der Waals surface area contributed by atoms with Gasteiger partial charge in [0.2, 0.25) is 0 Å². The van der Waals surface area contributed by atoms with Crippen LogP contribution in [0.4, 0.5) is 0 Å². The van der Waals surface area contributed by atoms with Crippen LogP contribution >= 0.6 is 0 Å². The number of piperazine rings is 1. The summed E-state index contributed by atoms with van der Waals surface area (Å²) in [5, 5.41) is 3.53. The predicted molar refractivity (Wildman–Crippen MR) is 99.3 cm³/mol. The minimum atomic E-state index is 0.637. The molecule has 1 atom stereocenters. The van der Waals surface area contributed by atoms with Gasteiger partial charge in [0.1, 0.15) is 0 Å². The van der Waals surface area contributed by atoms with Gasteiger partial charge in [-0.15, -0.1) is 0 Å². The third-order valence-electron chi connectivity index (χ3n) is 6.75. The van der Waals surface area contributed by atoms with Crippen molar-refractivity contribution in [2.45, 2.75) is 66.3 Å². The van der Waals surface area contributed by atoms with Crippen molar-refractivity contribution in [1.82, 2.24) is 10.2 Å². The number of hydrogen-bond acceptors (Lipinski definition) is 2. The van der Waals surface area contributed by atoms with E-state index in [9.17, 15) is 0 Å². The van der Waals surface area contributed by atoms with Crippen molar-refractivity contribution >= 4 is 0 Å². The second-order valence-electron chi connectivity index (χ2n) is 7.81. The molecule has 0 unspecified atom stereocenters. The first-order chi connectivity index (χ1) is 11.0. The molecular formula is C21H34N2. The van der Waals surface area contributed by atoms with Gasteiger partial charge in [0.05, 0.1) is 0 Å². The standard InChI is InChI=1S/C21H34N2/c1-14-15(2)17(4)20(18(5)16(14)3)21(19-8-6-7-9-19)23-12-10-22-11-13-23/h19,21-22H,6-13H2,1-5H3/t21-/m1/s1. The summed E-state index contributed by atoms with van der Waals surface area (Å²) >= 11 is 0. The Labute approximate surface area is 142 Å². The van der Waals surface area contributed by atoms with Crippen molar-refractivity contribution in [3.63, 3.8) is 0 Å². The van der Waals surface area contributed by atoms with Gasteiger partial charge >= 0.3 is 0 Å². The molecule has 2 heteroatoms. The lowest BCUT2D eigenvalue weighted by Crippen LogP contribution is -2.47. The Morgan fingerprint density at radius 2 is 1.26 bits per heavy atom. The van der Waals surface area contributed by atoms with Crippen molar-refractivity contribution in [2.75, 3.05) is 26.2 Å². The molecule has 1 aliphatic carbocycles. The van der Waals surface area contributed by atoms with Crippen LogP contribution in [0.5, 0.6) is 0 Å². The van der Waals surface area contributed by atoms with Crippen LogP contribution < -0.4 is 5.32 Å². The maximum absolute atomic E-state index is 3.53.